The minimum atomic E-state index is 0.519. The summed E-state index contributed by atoms with van der Waals surface area (Å²) in [7, 11) is 1.82. The first-order chi connectivity index (χ1) is 5.40. The minimum Gasteiger partial charge on any atom is -0.381 e. The largest absolute Gasteiger partial charge is 0.381 e. The van der Waals surface area contributed by atoms with Gasteiger partial charge in [-0.2, -0.15) is 0 Å². The fourth-order valence-electron chi connectivity index (χ4n) is 1.70. The number of likely N-dealkylation sites (tertiary alicyclic amines) is 1. The van der Waals surface area contributed by atoms with Crippen LogP contribution in [-0.4, -0.2) is 37.2 Å². The van der Waals surface area contributed by atoms with Gasteiger partial charge in [0, 0.05) is 26.2 Å². The van der Waals surface area contributed by atoms with E-state index < -0.39 is 0 Å². The Bertz CT molecular complexity index is 153. The first-order valence-corrected chi connectivity index (χ1v) is 4.35. The molecule has 0 aromatic rings. The third kappa shape index (κ3) is 1.63. The Morgan fingerprint density at radius 2 is 1.91 bits per heavy atom. The van der Waals surface area contributed by atoms with Gasteiger partial charge in [-0.05, 0) is 12.8 Å². The van der Waals surface area contributed by atoms with Gasteiger partial charge in [-0.1, -0.05) is 12.2 Å². The molecule has 0 amide bonds. The van der Waals surface area contributed by atoms with Crippen LogP contribution in [0.25, 0.3) is 0 Å². The van der Waals surface area contributed by atoms with E-state index in [-0.39, 0.29) is 0 Å². The molecule has 1 heterocycles. The lowest BCUT2D eigenvalue weighted by Gasteiger charge is -2.31. The molecule has 62 valence electrons. The average molecular weight is 153 g/mol. The van der Waals surface area contributed by atoms with Crippen LogP contribution < -0.4 is 0 Å². The number of hydrogen-bond acceptors (Lipinski definition) is 2. The molecular weight excluding hydrogens is 138 g/mol. The molecule has 1 aliphatic heterocycles. The molecule has 0 atom stereocenters. The van der Waals surface area contributed by atoms with Crippen molar-refractivity contribution in [3.63, 3.8) is 0 Å². The van der Waals surface area contributed by atoms with Crippen LogP contribution in [0.15, 0.2) is 12.2 Å². The van der Waals surface area contributed by atoms with Crippen molar-refractivity contribution in [2.75, 3.05) is 20.2 Å². The van der Waals surface area contributed by atoms with E-state index >= 15 is 0 Å². The van der Waals surface area contributed by atoms with Crippen molar-refractivity contribution in [1.82, 2.24) is 4.90 Å². The molecule has 0 saturated carbocycles. The summed E-state index contributed by atoms with van der Waals surface area (Å²) in [5.74, 6) is 0. The second-order valence-corrected chi connectivity index (χ2v) is 3.35. The second-order valence-electron chi connectivity index (χ2n) is 3.35. The fraction of sp³-hybridized carbons (Fsp3) is 0.778. The Labute approximate surface area is 67.8 Å². The number of ether oxygens (including phenoxy) is 1. The van der Waals surface area contributed by atoms with Gasteiger partial charge in [0.1, 0.15) is 0 Å². The van der Waals surface area contributed by atoms with Crippen LogP contribution >= 0.6 is 0 Å². The van der Waals surface area contributed by atoms with E-state index in [9.17, 15) is 0 Å². The van der Waals surface area contributed by atoms with Crippen molar-refractivity contribution in [3.05, 3.63) is 12.2 Å². The van der Waals surface area contributed by atoms with Gasteiger partial charge in [0.15, 0.2) is 0 Å². The zero-order valence-corrected chi connectivity index (χ0v) is 6.99. The third-order valence-corrected chi connectivity index (χ3v) is 2.60. The lowest BCUT2D eigenvalue weighted by atomic mass is 10.1. The molecule has 0 spiro atoms. The maximum atomic E-state index is 5.29. The summed E-state index contributed by atoms with van der Waals surface area (Å²) in [6.45, 7) is 2.41. The number of nitrogens with zero attached hydrogens (tertiary/aromatic N) is 1. The molecule has 0 aromatic heterocycles. The van der Waals surface area contributed by atoms with Crippen LogP contribution in [0.1, 0.15) is 12.8 Å². The van der Waals surface area contributed by atoms with Crippen LogP contribution in [0.5, 0.6) is 0 Å². The molecule has 0 aromatic carbocycles. The highest BCUT2D eigenvalue weighted by Gasteiger charge is 2.25. The van der Waals surface area contributed by atoms with Gasteiger partial charge < -0.3 is 4.74 Å². The first-order valence-electron chi connectivity index (χ1n) is 4.35. The van der Waals surface area contributed by atoms with Crippen LogP contribution in [0.2, 0.25) is 0 Å². The van der Waals surface area contributed by atoms with Crippen molar-refractivity contribution in [1.29, 1.82) is 0 Å². The number of rotatable bonds is 2. The summed E-state index contributed by atoms with van der Waals surface area (Å²) in [6, 6.07) is 0.702. The predicted octanol–water partition coefficient (Wildman–Crippen LogP) is 1.04. The predicted molar refractivity (Wildman–Crippen MR) is 44.5 cm³/mol. The summed E-state index contributed by atoms with van der Waals surface area (Å²) >= 11 is 0. The molecule has 2 nitrogen and oxygen atoms in total. The van der Waals surface area contributed by atoms with Gasteiger partial charge in [-0.15, -0.1) is 0 Å². The molecule has 1 aliphatic carbocycles. The van der Waals surface area contributed by atoms with Crippen LogP contribution in [0, 0.1) is 0 Å². The third-order valence-electron chi connectivity index (χ3n) is 2.60. The summed E-state index contributed by atoms with van der Waals surface area (Å²) in [5, 5.41) is 0. The van der Waals surface area contributed by atoms with Crippen LogP contribution in [0.4, 0.5) is 0 Å². The van der Waals surface area contributed by atoms with E-state index in [1.54, 1.807) is 0 Å². The molecule has 0 N–H and O–H groups in total. The van der Waals surface area contributed by atoms with Crippen molar-refractivity contribution >= 4 is 0 Å². The van der Waals surface area contributed by atoms with E-state index in [1.165, 1.54) is 25.9 Å². The van der Waals surface area contributed by atoms with E-state index in [0.717, 1.165) is 0 Å². The SMILES string of the molecule is COC1CCN(C2C=C2)CC1. The summed E-state index contributed by atoms with van der Waals surface area (Å²) in [6.07, 6.45) is 7.44. The van der Waals surface area contributed by atoms with Crippen molar-refractivity contribution in [3.8, 4) is 0 Å². The number of hydrogen-bond donors (Lipinski definition) is 0. The van der Waals surface area contributed by atoms with Crippen LogP contribution in [-0.2, 0) is 4.74 Å². The summed E-state index contributed by atoms with van der Waals surface area (Å²) < 4.78 is 5.29. The monoisotopic (exact) mass is 153 g/mol. The number of piperidine rings is 1. The average Bonchev–Trinajstić information content (AvgIpc) is 2.87. The Morgan fingerprint density at radius 1 is 1.27 bits per heavy atom. The van der Waals surface area contributed by atoms with Crippen molar-refractivity contribution in [2.24, 2.45) is 0 Å². The maximum absolute atomic E-state index is 5.29. The second kappa shape index (κ2) is 2.95. The van der Waals surface area contributed by atoms with E-state index in [1.807, 2.05) is 7.11 Å². The number of methoxy groups -OCH3 is 1. The van der Waals surface area contributed by atoms with E-state index in [2.05, 4.69) is 17.1 Å². The molecule has 2 rings (SSSR count). The molecule has 2 heteroatoms. The minimum absolute atomic E-state index is 0.519. The van der Waals surface area contributed by atoms with Crippen molar-refractivity contribution < 1.29 is 4.74 Å². The highest BCUT2D eigenvalue weighted by molar-refractivity contribution is 5.20. The van der Waals surface area contributed by atoms with Gasteiger partial charge in [0.25, 0.3) is 0 Å². The topological polar surface area (TPSA) is 12.5 Å². The van der Waals surface area contributed by atoms with Gasteiger partial charge in [0.05, 0.1) is 6.10 Å². The molecular formula is C9H15NO. The molecule has 0 unspecified atom stereocenters. The van der Waals surface area contributed by atoms with Gasteiger partial charge >= 0.3 is 0 Å². The molecule has 2 aliphatic rings. The normalized spacial score (nSPS) is 27.7. The van der Waals surface area contributed by atoms with Crippen molar-refractivity contribution in [2.45, 2.75) is 25.0 Å². The Hall–Kier alpha value is -0.340. The Balaban J connectivity index is 1.75. The lowest BCUT2D eigenvalue weighted by Crippen LogP contribution is -2.38. The van der Waals surface area contributed by atoms with E-state index in [4.69, 9.17) is 4.74 Å². The lowest BCUT2D eigenvalue weighted by molar-refractivity contribution is 0.0409. The smallest absolute Gasteiger partial charge is 0.0595 e. The Kier molecular flexibility index (Phi) is 1.96. The highest BCUT2D eigenvalue weighted by atomic mass is 16.5. The maximum Gasteiger partial charge on any atom is 0.0595 e. The van der Waals surface area contributed by atoms with Gasteiger partial charge in [0.2, 0.25) is 0 Å². The molecule has 1 saturated heterocycles. The molecule has 0 bridgehead atoms. The fourth-order valence-corrected chi connectivity index (χ4v) is 1.70. The molecule has 11 heavy (non-hydrogen) atoms. The standard InChI is InChI=1S/C9H15NO/c1-11-9-4-6-10(7-5-9)8-2-3-8/h2-3,8-9H,4-7H2,1H3. The van der Waals surface area contributed by atoms with Gasteiger partial charge in [-0.3, -0.25) is 4.90 Å². The summed E-state index contributed by atoms with van der Waals surface area (Å²) in [4.78, 5) is 2.51. The quantitative estimate of drug-likeness (QED) is 0.549. The zero-order chi connectivity index (χ0) is 7.68. The van der Waals surface area contributed by atoms with Gasteiger partial charge in [-0.25, -0.2) is 0 Å². The highest BCUT2D eigenvalue weighted by Crippen LogP contribution is 2.21. The molecule has 0 radical (unpaired) electrons. The molecule has 1 fully saturated rings. The Morgan fingerprint density at radius 3 is 2.36 bits per heavy atom. The zero-order valence-electron chi connectivity index (χ0n) is 6.99. The van der Waals surface area contributed by atoms with Crippen LogP contribution in [0.3, 0.4) is 0 Å². The summed E-state index contributed by atoms with van der Waals surface area (Å²) in [5.41, 5.74) is 0. The van der Waals surface area contributed by atoms with E-state index in [0.29, 0.717) is 12.1 Å². The first kappa shape index (κ1) is 7.32.